The third-order valence-electron chi connectivity index (χ3n) is 5.03. The number of ether oxygens (including phenoxy) is 1. The smallest absolute Gasteiger partial charge is 0.262 e. The van der Waals surface area contributed by atoms with Crippen LogP contribution < -0.4 is 15.0 Å². The largest absolute Gasteiger partial charge is 0.484 e. The number of benzene rings is 2. The van der Waals surface area contributed by atoms with Crippen LogP contribution in [0.1, 0.15) is 18.1 Å². The van der Waals surface area contributed by atoms with Crippen molar-refractivity contribution in [3.8, 4) is 5.75 Å². The number of likely N-dealkylation sites (N-methyl/N-ethyl adjacent to an activating group) is 1. The second kappa shape index (κ2) is 8.91. The molecule has 1 heterocycles. The van der Waals surface area contributed by atoms with Gasteiger partial charge >= 0.3 is 0 Å². The summed E-state index contributed by atoms with van der Waals surface area (Å²) in [5.41, 5.74) is 4.48. The summed E-state index contributed by atoms with van der Waals surface area (Å²) in [6, 6.07) is 13.9. The van der Waals surface area contributed by atoms with Crippen molar-refractivity contribution >= 4 is 17.3 Å². The van der Waals surface area contributed by atoms with E-state index in [2.05, 4.69) is 42.1 Å². The summed E-state index contributed by atoms with van der Waals surface area (Å²) in [5, 5.41) is 2.92. The van der Waals surface area contributed by atoms with E-state index in [-0.39, 0.29) is 12.5 Å². The lowest BCUT2D eigenvalue weighted by molar-refractivity contribution is -0.118. The van der Waals surface area contributed by atoms with E-state index in [1.807, 2.05) is 36.4 Å². The van der Waals surface area contributed by atoms with Crippen LogP contribution in [0.25, 0.3) is 0 Å². The molecule has 1 saturated heterocycles. The van der Waals surface area contributed by atoms with E-state index in [1.165, 1.54) is 16.8 Å². The summed E-state index contributed by atoms with van der Waals surface area (Å²) in [5.74, 6) is 0.560. The molecule has 0 spiro atoms. The number of piperazine rings is 1. The Labute approximate surface area is 161 Å². The lowest BCUT2D eigenvalue weighted by Crippen LogP contribution is -2.44. The number of hydrogen-bond donors (Lipinski definition) is 1. The highest BCUT2D eigenvalue weighted by atomic mass is 16.5. The number of anilines is 2. The Kier molecular flexibility index (Phi) is 6.35. The molecule has 0 saturated carbocycles. The Morgan fingerprint density at radius 3 is 2.41 bits per heavy atom. The predicted molar refractivity (Wildman–Crippen MR) is 111 cm³/mol. The number of nitrogens with one attached hydrogen (secondary N) is 1. The number of carbonyl (C=O) groups excluding carboxylic acids is 1. The summed E-state index contributed by atoms with van der Waals surface area (Å²) in [4.78, 5) is 16.9. The molecule has 1 amide bonds. The van der Waals surface area contributed by atoms with Gasteiger partial charge < -0.3 is 19.9 Å². The summed E-state index contributed by atoms with van der Waals surface area (Å²) >= 11 is 0. The topological polar surface area (TPSA) is 44.8 Å². The first kappa shape index (κ1) is 19.2. The van der Waals surface area contributed by atoms with Crippen LogP contribution in [0, 0.1) is 6.92 Å². The van der Waals surface area contributed by atoms with Crippen LogP contribution in [0.3, 0.4) is 0 Å². The van der Waals surface area contributed by atoms with Gasteiger partial charge in [-0.25, -0.2) is 0 Å². The van der Waals surface area contributed by atoms with Crippen molar-refractivity contribution in [1.29, 1.82) is 0 Å². The molecule has 1 aliphatic heterocycles. The minimum atomic E-state index is -0.152. The SMILES string of the molecule is CCc1ccc(OCC(=O)Nc2ccc(N3CCN(C)CC3)c(C)c2)cc1. The molecule has 27 heavy (non-hydrogen) atoms. The summed E-state index contributed by atoms with van der Waals surface area (Å²) in [6.07, 6.45) is 0.990. The lowest BCUT2D eigenvalue weighted by Gasteiger charge is -2.35. The van der Waals surface area contributed by atoms with Crippen LogP contribution in [-0.2, 0) is 11.2 Å². The maximum Gasteiger partial charge on any atom is 0.262 e. The van der Waals surface area contributed by atoms with Crippen LogP contribution >= 0.6 is 0 Å². The van der Waals surface area contributed by atoms with Crippen molar-refractivity contribution in [2.75, 3.05) is 50.1 Å². The zero-order chi connectivity index (χ0) is 19.2. The van der Waals surface area contributed by atoms with Gasteiger partial charge in [-0.1, -0.05) is 19.1 Å². The zero-order valence-electron chi connectivity index (χ0n) is 16.5. The molecule has 5 nitrogen and oxygen atoms in total. The van der Waals surface area contributed by atoms with Gasteiger partial charge in [0, 0.05) is 37.6 Å². The highest BCUT2D eigenvalue weighted by Gasteiger charge is 2.16. The molecule has 1 aliphatic rings. The molecule has 0 aromatic heterocycles. The second-order valence-electron chi connectivity index (χ2n) is 7.13. The summed E-state index contributed by atoms with van der Waals surface area (Å²) in [7, 11) is 2.16. The molecule has 0 unspecified atom stereocenters. The first-order valence-corrected chi connectivity index (χ1v) is 9.61. The molecule has 3 rings (SSSR count). The van der Waals surface area contributed by atoms with Crippen LogP contribution in [-0.4, -0.2) is 50.6 Å². The highest BCUT2D eigenvalue weighted by Crippen LogP contribution is 2.24. The van der Waals surface area contributed by atoms with E-state index in [9.17, 15) is 4.79 Å². The molecule has 2 aromatic rings. The molecule has 1 N–H and O–H groups in total. The van der Waals surface area contributed by atoms with Crippen LogP contribution in [0.2, 0.25) is 0 Å². The Bertz CT molecular complexity index is 766. The van der Waals surface area contributed by atoms with Gasteiger partial charge in [-0.2, -0.15) is 0 Å². The molecule has 144 valence electrons. The predicted octanol–water partition coefficient (Wildman–Crippen LogP) is 3.33. The lowest BCUT2D eigenvalue weighted by atomic mass is 10.1. The van der Waals surface area contributed by atoms with E-state index in [1.54, 1.807) is 0 Å². The fourth-order valence-corrected chi connectivity index (χ4v) is 3.30. The average molecular weight is 367 g/mol. The fraction of sp³-hybridized carbons (Fsp3) is 0.409. The quantitative estimate of drug-likeness (QED) is 0.851. The third-order valence-corrected chi connectivity index (χ3v) is 5.03. The van der Waals surface area contributed by atoms with Gasteiger partial charge in [-0.15, -0.1) is 0 Å². The molecule has 1 fully saturated rings. The Morgan fingerprint density at radius 2 is 1.78 bits per heavy atom. The third kappa shape index (κ3) is 5.23. The minimum Gasteiger partial charge on any atom is -0.484 e. The van der Waals surface area contributed by atoms with Gasteiger partial charge in [-0.05, 0) is 61.9 Å². The van der Waals surface area contributed by atoms with Crippen LogP contribution in [0.15, 0.2) is 42.5 Å². The van der Waals surface area contributed by atoms with Crippen LogP contribution in [0.5, 0.6) is 5.75 Å². The number of amides is 1. The van der Waals surface area contributed by atoms with Crippen LogP contribution in [0.4, 0.5) is 11.4 Å². The highest BCUT2D eigenvalue weighted by molar-refractivity contribution is 5.92. The van der Waals surface area contributed by atoms with Crippen molar-refractivity contribution in [2.45, 2.75) is 20.3 Å². The van der Waals surface area contributed by atoms with E-state index >= 15 is 0 Å². The van der Waals surface area contributed by atoms with E-state index in [0.717, 1.165) is 38.3 Å². The standard InChI is InChI=1S/C22H29N3O2/c1-4-18-5-8-20(9-6-18)27-16-22(26)23-19-7-10-21(17(2)15-19)25-13-11-24(3)12-14-25/h5-10,15H,4,11-14,16H2,1-3H3,(H,23,26). The second-order valence-corrected chi connectivity index (χ2v) is 7.13. The minimum absolute atomic E-state index is 0.00469. The van der Waals surface area contributed by atoms with Crippen molar-refractivity contribution < 1.29 is 9.53 Å². The van der Waals surface area contributed by atoms with Gasteiger partial charge in [0.2, 0.25) is 0 Å². The molecular formula is C22H29N3O2. The first-order valence-electron chi connectivity index (χ1n) is 9.61. The van der Waals surface area contributed by atoms with Gasteiger partial charge in [0.15, 0.2) is 6.61 Å². The summed E-state index contributed by atoms with van der Waals surface area (Å²) < 4.78 is 5.57. The van der Waals surface area contributed by atoms with E-state index < -0.39 is 0 Å². The maximum absolute atomic E-state index is 12.2. The van der Waals surface area contributed by atoms with E-state index in [0.29, 0.717) is 5.75 Å². The first-order chi connectivity index (χ1) is 13.0. The van der Waals surface area contributed by atoms with E-state index in [4.69, 9.17) is 4.74 Å². The molecule has 0 bridgehead atoms. The molecule has 0 atom stereocenters. The number of carbonyl (C=O) groups is 1. The normalized spacial score (nSPS) is 14.9. The number of aryl methyl sites for hydroxylation is 2. The van der Waals surface area contributed by atoms with Crippen molar-refractivity contribution in [3.63, 3.8) is 0 Å². The molecular weight excluding hydrogens is 338 g/mol. The molecule has 5 heteroatoms. The average Bonchev–Trinajstić information content (AvgIpc) is 2.68. The Hall–Kier alpha value is -2.53. The maximum atomic E-state index is 12.2. The van der Waals surface area contributed by atoms with Crippen molar-refractivity contribution in [1.82, 2.24) is 4.90 Å². The summed E-state index contributed by atoms with van der Waals surface area (Å²) in [6.45, 7) is 8.44. The number of rotatable bonds is 6. The zero-order valence-corrected chi connectivity index (χ0v) is 16.5. The Balaban J connectivity index is 1.53. The van der Waals surface area contributed by atoms with Gasteiger partial charge in [0.1, 0.15) is 5.75 Å². The van der Waals surface area contributed by atoms with Gasteiger partial charge in [0.25, 0.3) is 5.91 Å². The fourth-order valence-electron chi connectivity index (χ4n) is 3.30. The van der Waals surface area contributed by atoms with Crippen molar-refractivity contribution in [2.24, 2.45) is 0 Å². The molecule has 0 radical (unpaired) electrons. The van der Waals surface area contributed by atoms with Gasteiger partial charge in [0.05, 0.1) is 0 Å². The monoisotopic (exact) mass is 367 g/mol. The molecule has 2 aromatic carbocycles. The Morgan fingerprint density at radius 1 is 1.07 bits per heavy atom. The van der Waals surface area contributed by atoms with Crippen molar-refractivity contribution in [3.05, 3.63) is 53.6 Å². The number of nitrogens with zero attached hydrogens (tertiary/aromatic N) is 2. The number of hydrogen-bond acceptors (Lipinski definition) is 4. The molecule has 0 aliphatic carbocycles. The van der Waals surface area contributed by atoms with Gasteiger partial charge in [-0.3, -0.25) is 4.79 Å².